The van der Waals surface area contributed by atoms with Crippen LogP contribution in [0.15, 0.2) is 53.7 Å². The molecule has 0 radical (unpaired) electrons. The van der Waals surface area contributed by atoms with Crippen molar-refractivity contribution in [1.82, 2.24) is 14.9 Å². The fraction of sp³-hybridized carbons (Fsp3) is 0.111. The summed E-state index contributed by atoms with van der Waals surface area (Å²) < 4.78 is 1.32. The van der Waals surface area contributed by atoms with E-state index in [9.17, 15) is 4.79 Å². The highest BCUT2D eigenvalue weighted by Crippen LogP contribution is 2.27. The molecular weight excluding hydrogens is 384 g/mol. The van der Waals surface area contributed by atoms with E-state index >= 15 is 0 Å². The lowest BCUT2D eigenvalue weighted by Crippen LogP contribution is -2.24. The van der Waals surface area contributed by atoms with E-state index < -0.39 is 5.25 Å². The van der Waals surface area contributed by atoms with Crippen LogP contribution in [0.5, 0.6) is 0 Å². The lowest BCUT2D eigenvalue weighted by Gasteiger charge is -2.12. The number of carbonyl (C=O) groups excluding carboxylic acids is 1. The molecule has 0 saturated carbocycles. The minimum absolute atomic E-state index is 0.269. The fourth-order valence-electron chi connectivity index (χ4n) is 2.32. The van der Waals surface area contributed by atoms with E-state index in [4.69, 9.17) is 22.7 Å². The van der Waals surface area contributed by atoms with Gasteiger partial charge in [0.1, 0.15) is 6.07 Å². The van der Waals surface area contributed by atoms with E-state index in [0.717, 1.165) is 5.56 Å². The first-order chi connectivity index (χ1) is 13.0. The third-order valence-electron chi connectivity index (χ3n) is 3.70. The predicted molar refractivity (Wildman–Crippen MR) is 106 cm³/mol. The van der Waals surface area contributed by atoms with Crippen LogP contribution < -0.4 is 11.2 Å². The zero-order chi connectivity index (χ0) is 19.4. The number of nitrogens with one attached hydrogen (secondary N) is 1. The average molecular weight is 399 g/mol. The Morgan fingerprint density at radius 3 is 2.81 bits per heavy atom. The monoisotopic (exact) mass is 398 g/mol. The van der Waals surface area contributed by atoms with Crippen molar-refractivity contribution in [2.45, 2.75) is 17.3 Å². The number of anilines is 1. The summed E-state index contributed by atoms with van der Waals surface area (Å²) in [6.45, 7) is 1.72. The van der Waals surface area contributed by atoms with Crippen LogP contribution in [0.1, 0.15) is 12.5 Å². The second kappa shape index (κ2) is 8.12. The smallest absolute Gasteiger partial charge is 0.237 e. The Balaban J connectivity index is 1.74. The zero-order valence-corrected chi connectivity index (χ0v) is 15.8. The molecule has 0 bridgehead atoms. The Kier molecular flexibility index (Phi) is 5.64. The SMILES string of the molecule is C[C@H](Sc1nnc(-c2cccc(Cl)c2)n1N)C(=O)Nc1ccccc1C#N. The molecule has 27 heavy (non-hydrogen) atoms. The summed E-state index contributed by atoms with van der Waals surface area (Å²) in [6.07, 6.45) is 0. The second-order valence-corrected chi connectivity index (χ2v) is 7.34. The van der Waals surface area contributed by atoms with Crippen molar-refractivity contribution in [3.63, 3.8) is 0 Å². The Bertz CT molecular complexity index is 1030. The van der Waals surface area contributed by atoms with Crippen LogP contribution in [0.25, 0.3) is 11.4 Å². The van der Waals surface area contributed by atoms with Gasteiger partial charge >= 0.3 is 0 Å². The summed E-state index contributed by atoms with van der Waals surface area (Å²) in [5.74, 6) is 6.26. The third kappa shape index (κ3) is 4.22. The number of nitrogens with zero attached hydrogens (tertiary/aromatic N) is 4. The molecule has 0 fully saturated rings. The first-order valence-corrected chi connectivity index (χ1v) is 9.18. The maximum atomic E-state index is 12.5. The van der Waals surface area contributed by atoms with Gasteiger partial charge in [0.2, 0.25) is 11.1 Å². The molecular formula is C18H15ClN6OS. The van der Waals surface area contributed by atoms with Crippen molar-refractivity contribution in [2.24, 2.45) is 0 Å². The average Bonchev–Trinajstić information content (AvgIpc) is 3.02. The molecule has 9 heteroatoms. The molecule has 1 aromatic heterocycles. The number of benzene rings is 2. The molecule has 1 heterocycles. The number of carbonyl (C=O) groups is 1. The zero-order valence-electron chi connectivity index (χ0n) is 14.3. The maximum Gasteiger partial charge on any atom is 0.237 e. The van der Waals surface area contributed by atoms with Gasteiger partial charge in [-0.2, -0.15) is 5.26 Å². The summed E-state index contributed by atoms with van der Waals surface area (Å²) >= 11 is 7.17. The highest BCUT2D eigenvalue weighted by molar-refractivity contribution is 8.00. The summed E-state index contributed by atoms with van der Waals surface area (Å²) in [5.41, 5.74) is 1.59. The number of nitrogen functional groups attached to an aromatic ring is 1. The number of para-hydroxylation sites is 1. The predicted octanol–water partition coefficient (Wildman–Crippen LogP) is 3.30. The number of rotatable bonds is 5. The highest BCUT2D eigenvalue weighted by Gasteiger charge is 2.20. The third-order valence-corrected chi connectivity index (χ3v) is 5.00. The van der Waals surface area contributed by atoms with Crippen LogP contribution in [-0.4, -0.2) is 26.0 Å². The van der Waals surface area contributed by atoms with Crippen LogP contribution in [0.4, 0.5) is 5.69 Å². The molecule has 3 N–H and O–H groups in total. The van der Waals surface area contributed by atoms with Crippen molar-refractivity contribution in [3.8, 4) is 17.5 Å². The Morgan fingerprint density at radius 1 is 1.30 bits per heavy atom. The largest absolute Gasteiger partial charge is 0.335 e. The van der Waals surface area contributed by atoms with E-state index in [2.05, 4.69) is 15.5 Å². The van der Waals surface area contributed by atoms with Crippen LogP contribution in [0.3, 0.4) is 0 Å². The molecule has 0 saturated heterocycles. The Labute approximate surface area is 165 Å². The summed E-state index contributed by atoms with van der Waals surface area (Å²) in [4.78, 5) is 12.5. The number of hydrogen-bond acceptors (Lipinski definition) is 6. The molecule has 0 aliphatic heterocycles. The van der Waals surface area contributed by atoms with Gasteiger partial charge in [-0.15, -0.1) is 10.2 Å². The van der Waals surface area contributed by atoms with E-state index in [1.165, 1.54) is 16.4 Å². The molecule has 1 amide bonds. The van der Waals surface area contributed by atoms with Gasteiger partial charge in [-0.05, 0) is 31.2 Å². The molecule has 0 aliphatic rings. The van der Waals surface area contributed by atoms with Gasteiger partial charge < -0.3 is 11.2 Å². The second-order valence-electron chi connectivity index (χ2n) is 5.59. The molecule has 1 atom stereocenters. The standard InChI is InChI=1S/C18H15ClN6OS/c1-11(17(26)22-15-8-3-2-5-13(15)10-20)27-18-24-23-16(25(18)21)12-6-4-7-14(19)9-12/h2-9,11H,21H2,1H3,(H,22,26)/t11-/m0/s1. The van der Waals surface area contributed by atoms with E-state index in [-0.39, 0.29) is 5.91 Å². The number of nitriles is 1. The molecule has 7 nitrogen and oxygen atoms in total. The topological polar surface area (TPSA) is 110 Å². The first kappa shape index (κ1) is 18.8. The molecule has 136 valence electrons. The first-order valence-electron chi connectivity index (χ1n) is 7.92. The molecule has 3 aromatic rings. The number of hydrogen-bond donors (Lipinski definition) is 2. The van der Waals surface area contributed by atoms with Gasteiger partial charge in [-0.3, -0.25) is 4.79 Å². The van der Waals surface area contributed by atoms with Gasteiger partial charge in [-0.25, -0.2) is 4.68 Å². The van der Waals surface area contributed by atoms with Crippen molar-refractivity contribution < 1.29 is 4.79 Å². The number of thioether (sulfide) groups is 1. The molecule has 2 aromatic carbocycles. The summed E-state index contributed by atoms with van der Waals surface area (Å²) in [7, 11) is 0. The highest BCUT2D eigenvalue weighted by atomic mass is 35.5. The van der Waals surface area contributed by atoms with Crippen molar-refractivity contribution in [1.29, 1.82) is 5.26 Å². The van der Waals surface area contributed by atoms with Crippen molar-refractivity contribution >= 4 is 35.0 Å². The van der Waals surface area contributed by atoms with Gasteiger partial charge in [0.25, 0.3) is 0 Å². The minimum Gasteiger partial charge on any atom is -0.335 e. The van der Waals surface area contributed by atoms with Crippen LogP contribution >= 0.6 is 23.4 Å². The summed E-state index contributed by atoms with van der Waals surface area (Å²) in [5, 5.41) is 20.5. The van der Waals surface area contributed by atoms with Crippen molar-refractivity contribution in [2.75, 3.05) is 11.2 Å². The van der Waals surface area contributed by atoms with E-state index in [1.807, 2.05) is 12.1 Å². The van der Waals surface area contributed by atoms with Gasteiger partial charge in [0, 0.05) is 10.6 Å². The number of halogens is 1. The fourth-order valence-corrected chi connectivity index (χ4v) is 3.28. The molecule has 0 spiro atoms. The summed E-state index contributed by atoms with van der Waals surface area (Å²) in [6, 6.07) is 16.0. The van der Waals surface area contributed by atoms with Crippen LogP contribution in [0, 0.1) is 11.3 Å². The van der Waals surface area contributed by atoms with Gasteiger partial charge in [0.05, 0.1) is 16.5 Å². The Morgan fingerprint density at radius 2 is 2.07 bits per heavy atom. The van der Waals surface area contributed by atoms with Crippen molar-refractivity contribution in [3.05, 3.63) is 59.1 Å². The van der Waals surface area contributed by atoms with E-state index in [0.29, 0.717) is 27.3 Å². The van der Waals surface area contributed by atoms with Gasteiger partial charge in [0.15, 0.2) is 5.82 Å². The number of aromatic nitrogens is 3. The van der Waals surface area contributed by atoms with Crippen LogP contribution in [0.2, 0.25) is 5.02 Å². The molecule has 0 unspecified atom stereocenters. The normalized spacial score (nSPS) is 11.6. The lowest BCUT2D eigenvalue weighted by atomic mass is 10.2. The lowest BCUT2D eigenvalue weighted by molar-refractivity contribution is -0.115. The maximum absolute atomic E-state index is 12.5. The van der Waals surface area contributed by atoms with E-state index in [1.54, 1.807) is 49.4 Å². The minimum atomic E-state index is -0.504. The quantitative estimate of drug-likeness (QED) is 0.504. The van der Waals surface area contributed by atoms with Gasteiger partial charge in [-0.1, -0.05) is 47.6 Å². The van der Waals surface area contributed by atoms with Crippen LogP contribution in [-0.2, 0) is 4.79 Å². The number of nitrogens with two attached hydrogens (primary N) is 1. The number of amides is 1. The molecule has 3 rings (SSSR count). The molecule has 0 aliphatic carbocycles. The Hall–Kier alpha value is -3.02.